The average molecular weight is 1440 g/mol. The van der Waals surface area contributed by atoms with Crippen LogP contribution < -0.4 is 4.74 Å². The highest BCUT2D eigenvalue weighted by molar-refractivity contribution is 6.53. The zero-order valence-corrected chi connectivity index (χ0v) is 58.7. The van der Waals surface area contributed by atoms with Crippen LogP contribution in [0.2, 0.25) is 0 Å². The van der Waals surface area contributed by atoms with E-state index in [9.17, 15) is 33.6 Å². The Hall–Kier alpha value is -15.3. The molecule has 0 aliphatic heterocycles. The first-order valence-corrected chi connectivity index (χ1v) is 32.8. The van der Waals surface area contributed by atoms with Gasteiger partial charge in [-0.15, -0.1) is 0 Å². The molecule has 0 saturated carbocycles. The first kappa shape index (κ1) is 80.0. The molecule has 0 bridgehead atoms. The van der Waals surface area contributed by atoms with Crippen LogP contribution in [-0.2, 0) is 49.8 Å². The van der Waals surface area contributed by atoms with E-state index in [1.807, 2.05) is 152 Å². The van der Waals surface area contributed by atoms with Crippen molar-refractivity contribution in [3.8, 4) is 17.9 Å². The molecule has 0 amide bonds. The Balaban J connectivity index is 0.000000194. The quantitative estimate of drug-likeness (QED) is 0.0212. The van der Waals surface area contributed by atoms with E-state index in [2.05, 4.69) is 40.6 Å². The highest BCUT2D eigenvalue weighted by atomic mass is 16.7. The van der Waals surface area contributed by atoms with E-state index in [0.717, 1.165) is 22.4 Å². The molecule has 536 valence electrons. The van der Waals surface area contributed by atoms with Crippen LogP contribution in [0.25, 0.3) is 0 Å². The van der Waals surface area contributed by atoms with Crippen molar-refractivity contribution in [2.24, 2.45) is 30.9 Å². The second kappa shape index (κ2) is 44.9. The molecule has 11 rings (SSSR count). The zero-order valence-electron chi connectivity index (χ0n) is 58.7. The van der Waals surface area contributed by atoms with Gasteiger partial charge in [-0.2, -0.15) is 10.5 Å². The monoisotopic (exact) mass is 1440 g/mol. The molecule has 0 spiro atoms. The molecule has 108 heavy (non-hydrogen) atoms. The maximum atomic E-state index is 12.5. The summed E-state index contributed by atoms with van der Waals surface area (Å²) in [6.07, 6.45) is 0.123. The molecule has 0 aliphatic rings. The largest absolute Gasteiger partial charge is 0.497 e. The van der Waals surface area contributed by atoms with E-state index in [4.69, 9.17) is 34.6 Å². The molecule has 0 aromatic heterocycles. The second-order valence-electron chi connectivity index (χ2n) is 21.9. The normalized spacial score (nSPS) is 11.0. The van der Waals surface area contributed by atoms with Crippen molar-refractivity contribution >= 4 is 75.9 Å². The lowest BCUT2D eigenvalue weighted by atomic mass is 10.00. The fraction of sp³-hybridized carbons (Fsp3) is 0.0581. The molecule has 0 heterocycles. The smallest absolute Gasteiger partial charge is 0.405 e. The van der Waals surface area contributed by atoms with E-state index in [1.54, 1.807) is 209 Å². The number of rotatable bonds is 21. The first-order chi connectivity index (χ1) is 52.6. The molecule has 22 nitrogen and oxygen atoms in total. The SMILES string of the molecule is C/C(=N\OC(=O)C(=O)c1ccccc1)c1ccccc1.CC(=O)O/N=C(\C#N)c1ccccc1.COc1ccc(/C(C)=N/OC(=O)c2ccccc2)cc1.N#C/C(=N\OC(=O)Cc1ccccc1)c1ccccc1.O=C(O/N=C(\C(=N/OC(=O)c1ccccc1)c1ccccc1)c1ccccc1)c1ccccc1. The average Bonchev–Trinajstić information content (AvgIpc) is 0.822. The Bertz CT molecular complexity index is 4900. The van der Waals surface area contributed by atoms with Crippen molar-refractivity contribution in [1.82, 2.24) is 0 Å². The van der Waals surface area contributed by atoms with Gasteiger partial charge in [-0.25, -0.2) is 28.8 Å². The summed E-state index contributed by atoms with van der Waals surface area (Å²) in [5, 5.41) is 40.6. The van der Waals surface area contributed by atoms with Crippen LogP contribution in [0.5, 0.6) is 5.75 Å². The van der Waals surface area contributed by atoms with E-state index < -0.39 is 41.6 Å². The number of hydrogen-bond acceptors (Lipinski definition) is 22. The fourth-order valence-electron chi connectivity index (χ4n) is 8.77. The standard InChI is InChI=1S/C28H20N2O4.C16H12N2O2.C16H15NO3.C16H13NO3.C10H8N2O2/c31-27(23-17-9-3-10-18-23)33-29-25(21-13-5-1-6-14-21)26(22-15-7-2-8-16-22)30-34-28(32)24-19-11-4-12-20-24;17-12-15(14-9-5-2-6-10-14)18-20-16(19)11-13-7-3-1-4-8-13;1-12(13-8-10-15(19-2)11-9-13)17-20-16(18)14-6-4-3-5-7-14;1-12(13-8-4-2-5-9-13)17-20-16(19)15(18)14-10-6-3-7-11-14;1-8(13)14-12-10(7-11)9-5-3-2-4-6-9/h1-20H;1-10H,11H2;3-11H,1-2H3;2-11H,1H3;2-6H,1H3/b29-25-,30-26-;18-15+;2*17-12+;12-10+. The number of ketones is 1. The van der Waals surface area contributed by atoms with Crippen LogP contribution in [-0.4, -0.2) is 83.0 Å². The highest BCUT2D eigenvalue weighted by Crippen LogP contribution is 2.17. The molecule has 0 atom stereocenters. The minimum Gasteiger partial charge on any atom is -0.497 e. The lowest BCUT2D eigenvalue weighted by molar-refractivity contribution is -0.143. The van der Waals surface area contributed by atoms with Gasteiger partial charge < -0.3 is 33.8 Å². The number of benzene rings is 11. The lowest BCUT2D eigenvalue weighted by Gasteiger charge is -2.10. The van der Waals surface area contributed by atoms with Gasteiger partial charge in [0.2, 0.25) is 0 Å². The van der Waals surface area contributed by atoms with Crippen molar-refractivity contribution in [3.05, 3.63) is 389 Å². The molecule has 0 saturated heterocycles. The summed E-state index contributed by atoms with van der Waals surface area (Å²) in [4.78, 5) is 112. The molecular weight excluding hydrogens is 1370 g/mol. The van der Waals surface area contributed by atoms with Crippen molar-refractivity contribution in [1.29, 1.82) is 10.5 Å². The van der Waals surface area contributed by atoms with Crippen molar-refractivity contribution in [3.63, 3.8) is 0 Å². The third kappa shape index (κ3) is 27.6. The van der Waals surface area contributed by atoms with Crippen molar-refractivity contribution < 1.29 is 67.3 Å². The maximum Gasteiger partial charge on any atom is 0.405 e. The Morgan fingerprint density at radius 2 is 0.583 bits per heavy atom. The number of nitrogens with zero attached hydrogens (tertiary/aromatic N) is 8. The number of methoxy groups -OCH3 is 1. The number of carbonyl (C=O) groups excluding carboxylic acids is 7. The third-order valence-corrected chi connectivity index (χ3v) is 14.2. The van der Waals surface area contributed by atoms with E-state index >= 15 is 0 Å². The van der Waals surface area contributed by atoms with Gasteiger partial charge in [-0.1, -0.05) is 298 Å². The number of oxime groups is 6. The van der Waals surface area contributed by atoms with Crippen LogP contribution in [0, 0.1) is 22.7 Å². The summed E-state index contributed by atoms with van der Waals surface area (Å²) >= 11 is 0. The third-order valence-electron chi connectivity index (χ3n) is 14.2. The Morgan fingerprint density at radius 3 is 0.926 bits per heavy atom. The van der Waals surface area contributed by atoms with Gasteiger partial charge in [0, 0.05) is 34.7 Å². The van der Waals surface area contributed by atoms with Crippen LogP contribution in [0.4, 0.5) is 0 Å². The van der Waals surface area contributed by atoms with Gasteiger partial charge in [0.25, 0.3) is 5.78 Å². The zero-order chi connectivity index (χ0) is 76.9. The highest BCUT2D eigenvalue weighted by Gasteiger charge is 2.21. The fourth-order valence-corrected chi connectivity index (χ4v) is 8.77. The topological polar surface area (TPSA) is 306 Å². The lowest BCUT2D eigenvalue weighted by Crippen LogP contribution is -2.20. The number of ether oxygens (including phenoxy) is 1. The summed E-state index contributed by atoms with van der Waals surface area (Å²) < 4.78 is 5.08. The number of nitriles is 2. The molecule has 0 aliphatic carbocycles. The molecule has 0 fully saturated rings. The minimum atomic E-state index is -0.994. The molecule has 0 N–H and O–H groups in total. The molecule has 0 radical (unpaired) electrons. The molecule has 0 unspecified atom stereocenters. The molecule has 11 aromatic rings. The van der Waals surface area contributed by atoms with Gasteiger partial charge in [0.05, 0.1) is 41.6 Å². The Kier molecular flexibility index (Phi) is 33.2. The summed E-state index contributed by atoms with van der Waals surface area (Å²) in [6.45, 7) is 4.71. The summed E-state index contributed by atoms with van der Waals surface area (Å²) in [7, 11) is 1.61. The van der Waals surface area contributed by atoms with Crippen LogP contribution in [0.15, 0.2) is 359 Å². The van der Waals surface area contributed by atoms with Crippen LogP contribution in [0.1, 0.15) is 101 Å². The molecule has 22 heteroatoms. The van der Waals surface area contributed by atoms with Gasteiger partial charge >= 0.3 is 35.8 Å². The number of hydrogen-bond donors (Lipinski definition) is 0. The van der Waals surface area contributed by atoms with Crippen LogP contribution >= 0.6 is 0 Å². The number of Topliss-reactive ketones (excluding diaryl/α,β-unsaturated/α-hetero) is 1. The summed E-state index contributed by atoms with van der Waals surface area (Å²) in [5.74, 6) is -3.71. The maximum absolute atomic E-state index is 12.5. The van der Waals surface area contributed by atoms with Gasteiger partial charge in [-0.3, -0.25) is 4.79 Å². The van der Waals surface area contributed by atoms with E-state index in [0.29, 0.717) is 50.4 Å². The predicted molar refractivity (Wildman–Crippen MR) is 407 cm³/mol. The van der Waals surface area contributed by atoms with Gasteiger partial charge in [0.1, 0.15) is 29.3 Å². The predicted octanol–water partition coefficient (Wildman–Crippen LogP) is 15.8. The van der Waals surface area contributed by atoms with E-state index in [-0.39, 0.29) is 34.8 Å². The second-order valence-corrected chi connectivity index (χ2v) is 21.9. The van der Waals surface area contributed by atoms with E-state index in [1.165, 1.54) is 6.92 Å². The summed E-state index contributed by atoms with van der Waals surface area (Å²) in [6, 6.07) is 99.5. The number of carbonyl (C=O) groups is 7. The van der Waals surface area contributed by atoms with Gasteiger partial charge in [-0.05, 0) is 91.2 Å². The molecular formula is C86H68N8O14. The van der Waals surface area contributed by atoms with Crippen molar-refractivity contribution in [2.45, 2.75) is 27.2 Å². The minimum absolute atomic E-state index is 0.0759. The first-order valence-electron chi connectivity index (χ1n) is 32.8. The van der Waals surface area contributed by atoms with Crippen LogP contribution in [0.3, 0.4) is 0 Å². The summed E-state index contributed by atoms with van der Waals surface area (Å²) in [5.41, 5.74) is 8.26. The van der Waals surface area contributed by atoms with Crippen molar-refractivity contribution in [2.75, 3.05) is 7.11 Å². The molecule has 11 aromatic carbocycles. The Morgan fingerprint density at radius 1 is 0.296 bits per heavy atom. The Labute approximate surface area is 622 Å². The van der Waals surface area contributed by atoms with Gasteiger partial charge in [0.15, 0.2) is 11.4 Å².